The summed E-state index contributed by atoms with van der Waals surface area (Å²) in [5, 5.41) is 9.62. The first-order chi connectivity index (χ1) is 21.6. The monoisotopic (exact) mass is 631 g/mol. The van der Waals surface area contributed by atoms with Gasteiger partial charge in [0, 0.05) is 29.1 Å². The molecule has 0 atom stereocenters. The van der Waals surface area contributed by atoms with E-state index in [0.29, 0.717) is 0 Å². The zero-order chi connectivity index (χ0) is 30.8. The molecule has 0 aliphatic rings. The number of fused-ring (bicyclic) bond motifs is 3. The number of nitrogens with zero attached hydrogens (tertiary/aromatic N) is 3. The molecular formula is C40H35BCuN3. The molecule has 5 heteroatoms. The molecule has 2 heterocycles. The molecule has 0 fully saturated rings. The molecule has 0 amide bonds. The summed E-state index contributed by atoms with van der Waals surface area (Å²) in [6.07, 6.45) is -1.22. The van der Waals surface area contributed by atoms with Gasteiger partial charge < -0.3 is 0 Å². The summed E-state index contributed by atoms with van der Waals surface area (Å²) in [4.78, 5) is 9.16. The third kappa shape index (κ3) is 7.22. The normalized spacial score (nSPS) is 10.4. The molecule has 224 valence electrons. The summed E-state index contributed by atoms with van der Waals surface area (Å²) < 4.78 is 0. The van der Waals surface area contributed by atoms with Crippen LogP contribution < -0.4 is 21.9 Å². The molecule has 0 aliphatic heterocycles. The van der Waals surface area contributed by atoms with Crippen molar-refractivity contribution in [2.24, 2.45) is 0 Å². The number of benzene rings is 5. The van der Waals surface area contributed by atoms with E-state index in [1.807, 2.05) is 26.0 Å². The number of pyridine rings is 2. The van der Waals surface area contributed by atoms with Gasteiger partial charge >= 0.3 is 17.1 Å². The van der Waals surface area contributed by atoms with Crippen LogP contribution in [0.4, 0.5) is 0 Å². The predicted molar refractivity (Wildman–Crippen MR) is 188 cm³/mol. The van der Waals surface area contributed by atoms with Crippen LogP contribution in [0.5, 0.6) is 0 Å². The Balaban J connectivity index is 0.000000199. The second kappa shape index (κ2) is 15.6. The number of hydrogen-bond donors (Lipinski definition) is 0. The standard InChI is InChI=1S/C24H20B.C14H12N2.C2H3N.Cu/c1-5-13-21(14-6-1)25(22-15-7-2-8-16-22,23-17-9-3-10-18-23)24-19-11-4-12-20-24;1-9-3-5-11-7-8-12-6-4-10(2)16-14(12)13(11)15-9;1-2-3;/h1-20H;3-8H,1-2H3;1H3;/q-1;;;+1. The smallest absolute Gasteiger partial charge is 0.251 e. The molecule has 7 aromatic rings. The molecule has 0 saturated carbocycles. The van der Waals surface area contributed by atoms with Gasteiger partial charge in [-0.3, -0.25) is 9.97 Å². The topological polar surface area (TPSA) is 49.6 Å². The first-order valence-corrected chi connectivity index (χ1v) is 14.9. The molecule has 0 spiro atoms. The van der Waals surface area contributed by atoms with Crippen LogP contribution in [0.15, 0.2) is 158 Å². The van der Waals surface area contributed by atoms with Crippen molar-refractivity contribution in [1.29, 1.82) is 5.26 Å². The second-order valence-electron chi connectivity index (χ2n) is 10.8. The SMILES string of the molecule is CC#N.Cc1ccc2ccc3ccc(C)nc3c2n1.[Cu+].c1ccc([B-](c2ccccc2)(c2ccccc2)c2ccccc2)cc1. The van der Waals surface area contributed by atoms with E-state index >= 15 is 0 Å². The molecule has 0 unspecified atom stereocenters. The minimum Gasteiger partial charge on any atom is -0.251 e. The Morgan fingerprint density at radius 2 is 0.689 bits per heavy atom. The zero-order valence-corrected chi connectivity index (χ0v) is 26.7. The minimum atomic E-state index is -1.22. The van der Waals surface area contributed by atoms with Gasteiger partial charge in [-0.25, -0.2) is 0 Å². The van der Waals surface area contributed by atoms with E-state index in [0.717, 1.165) is 33.2 Å². The Labute approximate surface area is 277 Å². The fraction of sp³-hybridized carbons (Fsp3) is 0.0750. The number of rotatable bonds is 4. The van der Waals surface area contributed by atoms with Crippen LogP contribution in [0.3, 0.4) is 0 Å². The van der Waals surface area contributed by atoms with Gasteiger partial charge in [-0.2, -0.15) is 27.1 Å². The Bertz CT molecular complexity index is 1770. The first kappa shape index (κ1) is 32.9. The maximum absolute atomic E-state index is 7.32. The average molecular weight is 632 g/mol. The Morgan fingerprint density at radius 3 is 0.956 bits per heavy atom. The van der Waals surface area contributed by atoms with Gasteiger partial charge in [-0.05, 0) is 26.0 Å². The van der Waals surface area contributed by atoms with Crippen LogP contribution in [-0.4, -0.2) is 16.1 Å². The van der Waals surface area contributed by atoms with Gasteiger partial charge in [-0.15, -0.1) is 0 Å². The van der Waals surface area contributed by atoms with E-state index in [4.69, 9.17) is 5.26 Å². The van der Waals surface area contributed by atoms with Crippen molar-refractivity contribution in [1.82, 2.24) is 9.97 Å². The summed E-state index contributed by atoms with van der Waals surface area (Å²) in [5.41, 5.74) is 9.42. The number of hydrogen-bond acceptors (Lipinski definition) is 3. The average Bonchev–Trinajstić information content (AvgIpc) is 3.08. The van der Waals surface area contributed by atoms with Crippen LogP contribution in [0.25, 0.3) is 21.8 Å². The fourth-order valence-electron chi connectivity index (χ4n) is 6.08. The number of aromatic nitrogens is 2. The molecule has 5 aromatic carbocycles. The summed E-state index contributed by atoms with van der Waals surface area (Å²) in [7, 11) is 0. The molecule has 0 bridgehead atoms. The van der Waals surface area contributed by atoms with E-state index in [1.165, 1.54) is 28.8 Å². The van der Waals surface area contributed by atoms with E-state index < -0.39 is 6.15 Å². The molecule has 2 aromatic heterocycles. The van der Waals surface area contributed by atoms with Crippen molar-refractivity contribution in [3.05, 3.63) is 169 Å². The van der Waals surface area contributed by atoms with Gasteiger partial charge in [0.2, 0.25) is 0 Å². The van der Waals surface area contributed by atoms with E-state index in [2.05, 4.69) is 156 Å². The van der Waals surface area contributed by atoms with E-state index in [-0.39, 0.29) is 17.1 Å². The van der Waals surface area contributed by atoms with Crippen LogP contribution in [0.2, 0.25) is 0 Å². The quantitative estimate of drug-likeness (QED) is 0.155. The van der Waals surface area contributed by atoms with E-state index in [1.54, 1.807) is 6.07 Å². The van der Waals surface area contributed by atoms with Gasteiger partial charge in [0.15, 0.2) is 0 Å². The van der Waals surface area contributed by atoms with E-state index in [9.17, 15) is 0 Å². The Hall–Kier alpha value is -5.01. The van der Waals surface area contributed by atoms with Crippen molar-refractivity contribution in [2.75, 3.05) is 0 Å². The molecule has 7 rings (SSSR count). The molecule has 0 N–H and O–H groups in total. The fourth-order valence-corrected chi connectivity index (χ4v) is 6.08. The van der Waals surface area contributed by atoms with Crippen molar-refractivity contribution in [3.63, 3.8) is 0 Å². The van der Waals surface area contributed by atoms with Gasteiger partial charge in [0.25, 0.3) is 0 Å². The van der Waals surface area contributed by atoms with Crippen LogP contribution in [0, 0.1) is 25.2 Å². The van der Waals surface area contributed by atoms with Crippen LogP contribution in [0.1, 0.15) is 18.3 Å². The van der Waals surface area contributed by atoms with Crippen molar-refractivity contribution < 1.29 is 17.1 Å². The summed E-state index contributed by atoms with van der Waals surface area (Å²) in [5.74, 6) is 0. The third-order valence-corrected chi connectivity index (χ3v) is 8.00. The van der Waals surface area contributed by atoms with Gasteiger partial charge in [-0.1, -0.05) is 146 Å². The summed E-state index contributed by atoms with van der Waals surface area (Å²) >= 11 is 0. The number of nitriles is 1. The number of aryl methyl sites for hydroxylation is 2. The second-order valence-corrected chi connectivity index (χ2v) is 10.8. The first-order valence-electron chi connectivity index (χ1n) is 14.9. The zero-order valence-electron chi connectivity index (χ0n) is 25.7. The molecule has 0 aliphatic carbocycles. The molecule has 0 radical (unpaired) electrons. The molecule has 3 nitrogen and oxygen atoms in total. The molecule has 45 heavy (non-hydrogen) atoms. The molecule has 0 saturated heterocycles. The summed E-state index contributed by atoms with van der Waals surface area (Å²) in [6, 6.07) is 57.7. The predicted octanol–water partition coefficient (Wildman–Crippen LogP) is 6.99. The molecular weight excluding hydrogens is 597 g/mol. The van der Waals surface area contributed by atoms with Crippen molar-refractivity contribution in [3.8, 4) is 6.07 Å². The third-order valence-electron chi connectivity index (χ3n) is 8.00. The maximum atomic E-state index is 7.32. The Kier molecular flexibility index (Phi) is 11.4. The summed E-state index contributed by atoms with van der Waals surface area (Å²) in [6.45, 7) is 5.45. The van der Waals surface area contributed by atoms with Crippen molar-refractivity contribution in [2.45, 2.75) is 20.8 Å². The van der Waals surface area contributed by atoms with Crippen molar-refractivity contribution >= 4 is 49.8 Å². The largest absolute Gasteiger partial charge is 1.00 e. The van der Waals surface area contributed by atoms with Crippen LogP contribution >= 0.6 is 0 Å². The van der Waals surface area contributed by atoms with Crippen LogP contribution in [-0.2, 0) is 17.1 Å². The Morgan fingerprint density at radius 1 is 0.444 bits per heavy atom. The maximum Gasteiger partial charge on any atom is 1.00 e. The minimum absolute atomic E-state index is 0. The van der Waals surface area contributed by atoms with Gasteiger partial charge in [0.05, 0.1) is 17.1 Å². The van der Waals surface area contributed by atoms with Gasteiger partial charge in [0.1, 0.15) is 6.15 Å².